The van der Waals surface area contributed by atoms with E-state index in [9.17, 15) is 8.78 Å². The first-order valence-electron chi connectivity index (χ1n) is 9.13. The first-order valence-corrected chi connectivity index (χ1v) is 11.1. The molecule has 0 aliphatic carbocycles. The van der Waals surface area contributed by atoms with Crippen LogP contribution in [0.2, 0.25) is 0 Å². The zero-order valence-electron chi connectivity index (χ0n) is 15.4. The van der Waals surface area contributed by atoms with Crippen LogP contribution in [0.4, 0.5) is 20.3 Å². The number of nitrogens with zero attached hydrogens (tertiary/aromatic N) is 2. The number of halogens is 3. The number of hydrogen-bond acceptors (Lipinski definition) is 3. The highest BCUT2D eigenvalue weighted by atomic mass is 127. The lowest BCUT2D eigenvalue weighted by Crippen LogP contribution is -1.99. The summed E-state index contributed by atoms with van der Waals surface area (Å²) in [6, 6.07) is 20.9. The number of rotatable bonds is 4. The van der Waals surface area contributed by atoms with Crippen LogP contribution in [-0.4, -0.2) is 9.38 Å². The van der Waals surface area contributed by atoms with Crippen molar-refractivity contribution in [2.75, 3.05) is 5.32 Å². The Morgan fingerprint density at radius 3 is 2.37 bits per heavy atom. The van der Waals surface area contributed by atoms with E-state index in [0.717, 1.165) is 36.9 Å². The summed E-state index contributed by atoms with van der Waals surface area (Å²) in [6.45, 7) is 0. The summed E-state index contributed by atoms with van der Waals surface area (Å²) in [7, 11) is 0. The molecule has 1 N–H and O–H groups in total. The van der Waals surface area contributed by atoms with Gasteiger partial charge in [0, 0.05) is 20.2 Å². The van der Waals surface area contributed by atoms with Crippen LogP contribution in [0.3, 0.4) is 0 Å². The predicted octanol–water partition coefficient (Wildman–Crippen LogP) is 7.36. The summed E-state index contributed by atoms with van der Waals surface area (Å²) in [6.07, 6.45) is 0. The maximum absolute atomic E-state index is 13.7. The largest absolute Gasteiger partial charge is 0.339 e. The zero-order valence-corrected chi connectivity index (χ0v) is 18.4. The highest BCUT2D eigenvalue weighted by molar-refractivity contribution is 14.1. The minimum absolute atomic E-state index is 0.290. The van der Waals surface area contributed by atoms with Gasteiger partial charge in [0.25, 0.3) is 0 Å². The smallest absolute Gasteiger partial charge is 0.196 e. The van der Waals surface area contributed by atoms with Gasteiger partial charge in [-0.15, -0.1) is 11.3 Å². The molecule has 0 unspecified atom stereocenters. The molecule has 2 heterocycles. The van der Waals surface area contributed by atoms with Gasteiger partial charge in [-0.3, -0.25) is 4.40 Å². The molecule has 30 heavy (non-hydrogen) atoms. The fourth-order valence-corrected chi connectivity index (χ4v) is 4.95. The molecular weight excluding hydrogens is 515 g/mol. The molecule has 0 aliphatic heterocycles. The fourth-order valence-electron chi connectivity index (χ4n) is 3.32. The molecular formula is C23H14F2IN3S. The molecule has 5 aromatic rings. The SMILES string of the molecule is Fc1ccc(Nc2c(-c3ccc(F)cc3I)nc3scc(-c4ccccc4)n23)cc1. The van der Waals surface area contributed by atoms with Crippen LogP contribution in [0.5, 0.6) is 0 Å². The Kier molecular flexibility index (Phi) is 5.00. The summed E-state index contributed by atoms with van der Waals surface area (Å²) in [5, 5.41) is 5.47. The molecule has 0 bridgehead atoms. The minimum Gasteiger partial charge on any atom is -0.339 e. The number of imidazole rings is 1. The Balaban J connectivity index is 1.75. The third-order valence-corrected chi connectivity index (χ3v) is 6.44. The summed E-state index contributed by atoms with van der Waals surface area (Å²) < 4.78 is 29.9. The molecule has 7 heteroatoms. The van der Waals surface area contributed by atoms with Gasteiger partial charge >= 0.3 is 0 Å². The topological polar surface area (TPSA) is 29.3 Å². The van der Waals surface area contributed by atoms with Gasteiger partial charge in [0.05, 0.1) is 5.69 Å². The Morgan fingerprint density at radius 2 is 1.63 bits per heavy atom. The van der Waals surface area contributed by atoms with Crippen LogP contribution in [0.1, 0.15) is 0 Å². The Hall–Kier alpha value is -2.78. The van der Waals surface area contributed by atoms with Crippen LogP contribution in [0.25, 0.3) is 27.5 Å². The highest BCUT2D eigenvalue weighted by Gasteiger charge is 2.21. The van der Waals surface area contributed by atoms with E-state index in [4.69, 9.17) is 4.98 Å². The number of benzene rings is 3. The van der Waals surface area contributed by atoms with Gasteiger partial charge in [-0.2, -0.15) is 0 Å². The van der Waals surface area contributed by atoms with Crippen molar-refractivity contribution in [3.05, 3.63) is 93.4 Å². The molecule has 0 aliphatic rings. The average Bonchev–Trinajstić information content (AvgIpc) is 3.31. The number of aromatic nitrogens is 2. The quantitative estimate of drug-likeness (QED) is 0.247. The van der Waals surface area contributed by atoms with E-state index >= 15 is 0 Å². The van der Waals surface area contributed by atoms with Crippen molar-refractivity contribution in [1.82, 2.24) is 9.38 Å². The van der Waals surface area contributed by atoms with Gasteiger partial charge in [-0.25, -0.2) is 13.8 Å². The lowest BCUT2D eigenvalue weighted by Gasteiger charge is -2.11. The molecule has 148 valence electrons. The van der Waals surface area contributed by atoms with Crippen molar-refractivity contribution in [2.24, 2.45) is 0 Å². The number of thiazole rings is 1. The van der Waals surface area contributed by atoms with E-state index in [1.165, 1.54) is 35.6 Å². The number of nitrogens with one attached hydrogen (secondary N) is 1. The maximum Gasteiger partial charge on any atom is 0.196 e. The molecule has 0 saturated heterocycles. The number of hydrogen-bond donors (Lipinski definition) is 1. The van der Waals surface area contributed by atoms with Gasteiger partial charge in [-0.05, 0) is 70.6 Å². The van der Waals surface area contributed by atoms with Crippen molar-refractivity contribution >= 4 is 50.4 Å². The third kappa shape index (κ3) is 3.48. The normalized spacial score (nSPS) is 11.2. The standard InChI is InChI=1S/C23H14F2IN3S/c24-15-6-9-17(10-7-15)27-22-21(18-11-8-16(25)12-19(18)26)28-23-29(22)20(13-30-23)14-4-2-1-3-5-14/h1-13,27H. The lowest BCUT2D eigenvalue weighted by atomic mass is 10.1. The molecule has 3 aromatic carbocycles. The molecule has 5 rings (SSSR count). The first-order chi connectivity index (χ1) is 14.6. The molecule has 0 amide bonds. The van der Waals surface area contributed by atoms with E-state index in [1.807, 2.05) is 30.3 Å². The van der Waals surface area contributed by atoms with Gasteiger partial charge in [0.2, 0.25) is 0 Å². The van der Waals surface area contributed by atoms with Gasteiger partial charge in [0.1, 0.15) is 23.1 Å². The second kappa shape index (κ2) is 7.81. The van der Waals surface area contributed by atoms with Crippen molar-refractivity contribution in [2.45, 2.75) is 0 Å². The van der Waals surface area contributed by atoms with E-state index in [0.29, 0.717) is 5.69 Å². The van der Waals surface area contributed by atoms with Gasteiger partial charge in [0.15, 0.2) is 4.96 Å². The Bertz CT molecular complexity index is 1340. The average molecular weight is 529 g/mol. The monoisotopic (exact) mass is 529 g/mol. The lowest BCUT2D eigenvalue weighted by molar-refractivity contribution is 0.627. The first kappa shape index (κ1) is 19.2. The summed E-state index contributed by atoms with van der Waals surface area (Å²) >= 11 is 3.66. The number of anilines is 2. The number of fused-ring (bicyclic) bond motifs is 1. The maximum atomic E-state index is 13.7. The van der Waals surface area contributed by atoms with Crippen molar-refractivity contribution in [3.63, 3.8) is 0 Å². The molecule has 3 nitrogen and oxygen atoms in total. The molecule has 0 atom stereocenters. The molecule has 0 saturated carbocycles. The Labute approximate surface area is 189 Å². The van der Waals surface area contributed by atoms with Crippen LogP contribution in [0, 0.1) is 15.2 Å². The summed E-state index contributed by atoms with van der Waals surface area (Å²) in [5.74, 6) is 0.163. The molecule has 2 aromatic heterocycles. The van der Waals surface area contributed by atoms with E-state index in [1.54, 1.807) is 18.2 Å². The Morgan fingerprint density at radius 1 is 0.900 bits per heavy atom. The van der Waals surface area contributed by atoms with Crippen LogP contribution < -0.4 is 5.32 Å². The highest BCUT2D eigenvalue weighted by Crippen LogP contribution is 2.39. The summed E-state index contributed by atoms with van der Waals surface area (Å²) in [5.41, 5.74) is 4.34. The van der Waals surface area contributed by atoms with Crippen LogP contribution in [-0.2, 0) is 0 Å². The van der Waals surface area contributed by atoms with E-state index in [2.05, 4.69) is 37.7 Å². The van der Waals surface area contributed by atoms with Crippen LogP contribution >= 0.6 is 33.9 Å². The minimum atomic E-state index is -0.298. The van der Waals surface area contributed by atoms with Crippen molar-refractivity contribution < 1.29 is 8.78 Å². The van der Waals surface area contributed by atoms with Gasteiger partial charge < -0.3 is 5.32 Å². The second-order valence-electron chi connectivity index (χ2n) is 6.67. The van der Waals surface area contributed by atoms with E-state index < -0.39 is 0 Å². The molecule has 0 radical (unpaired) electrons. The van der Waals surface area contributed by atoms with Crippen LogP contribution in [0.15, 0.2) is 78.2 Å². The van der Waals surface area contributed by atoms with Gasteiger partial charge in [-0.1, -0.05) is 30.3 Å². The summed E-state index contributed by atoms with van der Waals surface area (Å²) in [4.78, 5) is 5.66. The fraction of sp³-hybridized carbons (Fsp3) is 0. The second-order valence-corrected chi connectivity index (χ2v) is 8.67. The third-order valence-electron chi connectivity index (χ3n) is 4.73. The molecule has 0 fully saturated rings. The van der Waals surface area contributed by atoms with E-state index in [-0.39, 0.29) is 11.6 Å². The predicted molar refractivity (Wildman–Crippen MR) is 126 cm³/mol. The van der Waals surface area contributed by atoms with Crippen molar-refractivity contribution in [3.8, 4) is 22.5 Å². The zero-order chi connectivity index (χ0) is 20.7. The van der Waals surface area contributed by atoms with Crippen molar-refractivity contribution in [1.29, 1.82) is 0 Å². The molecule has 0 spiro atoms.